The van der Waals surface area contributed by atoms with Crippen molar-refractivity contribution in [3.63, 3.8) is 0 Å². The monoisotopic (exact) mass is 449 g/mol. The number of nitrogens with one attached hydrogen (secondary N) is 2. The summed E-state index contributed by atoms with van der Waals surface area (Å²) in [5.41, 5.74) is 2.15. The first-order valence-electron chi connectivity index (χ1n) is 10.8. The number of amides is 1. The lowest BCUT2D eigenvalue weighted by atomic mass is 9.92. The maximum atomic E-state index is 13.4. The van der Waals surface area contributed by atoms with Crippen molar-refractivity contribution in [3.8, 4) is 0 Å². The lowest BCUT2D eigenvalue weighted by molar-refractivity contribution is -0.120. The maximum Gasteiger partial charge on any atom is 0.249 e. The molecule has 9 nitrogen and oxygen atoms in total. The number of hydrogen-bond acceptors (Lipinski definition) is 7. The molecule has 1 saturated carbocycles. The van der Waals surface area contributed by atoms with Crippen LogP contribution in [0.5, 0.6) is 0 Å². The van der Waals surface area contributed by atoms with Gasteiger partial charge in [-0.3, -0.25) is 9.48 Å². The number of aryl methyl sites for hydroxylation is 1. The zero-order valence-electron chi connectivity index (χ0n) is 18.7. The van der Waals surface area contributed by atoms with Crippen LogP contribution >= 0.6 is 0 Å². The third kappa shape index (κ3) is 4.38. The van der Waals surface area contributed by atoms with Crippen LogP contribution in [-0.4, -0.2) is 57.9 Å². The van der Waals surface area contributed by atoms with Crippen molar-refractivity contribution in [2.24, 2.45) is 0 Å². The Bertz CT molecular complexity index is 987. The lowest BCUT2D eigenvalue weighted by Crippen LogP contribution is -2.53. The van der Waals surface area contributed by atoms with E-state index in [0.717, 1.165) is 5.56 Å². The van der Waals surface area contributed by atoms with Crippen LogP contribution < -0.4 is 15.5 Å². The quantitative estimate of drug-likeness (QED) is 0.699. The van der Waals surface area contributed by atoms with E-state index in [1.165, 1.54) is 0 Å². The largest absolute Gasteiger partial charge is 0.379 e. The first-order chi connectivity index (χ1) is 15.2. The van der Waals surface area contributed by atoms with Crippen LogP contribution in [-0.2, 0) is 16.1 Å². The average molecular weight is 450 g/mol. The molecule has 2 aromatic heterocycles. The van der Waals surface area contributed by atoms with Crippen molar-refractivity contribution in [2.45, 2.75) is 70.2 Å². The van der Waals surface area contributed by atoms with E-state index in [9.17, 15) is 13.6 Å². The van der Waals surface area contributed by atoms with Crippen LogP contribution in [0.1, 0.15) is 49.9 Å². The summed E-state index contributed by atoms with van der Waals surface area (Å²) >= 11 is 0. The molecule has 2 atom stereocenters. The van der Waals surface area contributed by atoms with Gasteiger partial charge in [-0.25, -0.2) is 13.8 Å². The summed E-state index contributed by atoms with van der Waals surface area (Å²) in [6.07, 6.45) is 3.95. The van der Waals surface area contributed by atoms with Gasteiger partial charge in [0.05, 0.1) is 24.0 Å². The predicted octanol–water partition coefficient (Wildman–Crippen LogP) is 3.14. The number of aromatic nitrogens is 4. The Labute approximate surface area is 185 Å². The Morgan fingerprint density at radius 2 is 2.06 bits per heavy atom. The van der Waals surface area contributed by atoms with Gasteiger partial charge in [-0.2, -0.15) is 10.1 Å². The molecule has 11 heteroatoms. The Morgan fingerprint density at radius 3 is 2.75 bits per heavy atom. The smallest absolute Gasteiger partial charge is 0.249 e. The Balaban J connectivity index is 1.45. The average Bonchev–Trinajstić information content (AvgIpc) is 3.22. The van der Waals surface area contributed by atoms with Crippen molar-refractivity contribution in [3.05, 3.63) is 23.7 Å². The van der Waals surface area contributed by atoms with Crippen LogP contribution in [0.3, 0.4) is 0 Å². The molecule has 3 heterocycles. The standard InChI is InChI=1S/C21H29F2N7O2/c1-12-16-18(29(3)17(13(2)32-4)19(31)27-16)28-20(26-12)24-9-14-10-25-30(11-14)15-5-7-21(22,23)8-6-15/h10-11,13,15,17H,5-9H2,1-4H3,(H,27,31)(H,24,26,28)/t13-,17+/m1/s1. The third-order valence-corrected chi connectivity index (χ3v) is 6.32. The van der Waals surface area contributed by atoms with Crippen molar-refractivity contribution in [1.82, 2.24) is 19.7 Å². The van der Waals surface area contributed by atoms with E-state index in [-0.39, 0.29) is 30.9 Å². The summed E-state index contributed by atoms with van der Waals surface area (Å²) in [7, 11) is 3.38. The second-order valence-electron chi connectivity index (χ2n) is 8.59. The number of nitrogens with zero attached hydrogens (tertiary/aromatic N) is 5. The number of methoxy groups -OCH3 is 1. The summed E-state index contributed by atoms with van der Waals surface area (Å²) < 4.78 is 34.0. The molecule has 0 aromatic carbocycles. The normalized spacial score (nSPS) is 21.8. The summed E-state index contributed by atoms with van der Waals surface area (Å²) in [4.78, 5) is 23.4. The second kappa shape index (κ2) is 8.61. The van der Waals surface area contributed by atoms with E-state index < -0.39 is 12.0 Å². The number of hydrogen-bond donors (Lipinski definition) is 2. The molecule has 0 spiro atoms. The molecule has 1 aliphatic carbocycles. The Kier molecular flexibility index (Phi) is 6.02. The molecule has 2 N–H and O–H groups in total. The van der Waals surface area contributed by atoms with E-state index in [1.54, 1.807) is 22.9 Å². The minimum atomic E-state index is -2.55. The molecular weight excluding hydrogens is 420 g/mol. The van der Waals surface area contributed by atoms with Gasteiger partial charge in [0.25, 0.3) is 0 Å². The number of likely N-dealkylation sites (N-methyl/N-ethyl adjacent to an activating group) is 1. The molecule has 174 valence electrons. The molecule has 1 amide bonds. The fraction of sp³-hybridized carbons (Fsp3) is 0.619. The van der Waals surface area contributed by atoms with Crippen LogP contribution in [0.25, 0.3) is 0 Å². The summed E-state index contributed by atoms with van der Waals surface area (Å²) in [5.74, 6) is -1.66. The Hall–Kier alpha value is -2.82. The van der Waals surface area contributed by atoms with E-state index >= 15 is 0 Å². The predicted molar refractivity (Wildman–Crippen MR) is 116 cm³/mol. The molecule has 1 aliphatic heterocycles. The molecule has 2 aromatic rings. The maximum absolute atomic E-state index is 13.4. The molecule has 2 aliphatic rings. The molecule has 0 unspecified atom stereocenters. The fourth-order valence-corrected chi connectivity index (χ4v) is 4.34. The molecule has 4 rings (SSSR count). The van der Waals surface area contributed by atoms with Gasteiger partial charge in [-0.1, -0.05) is 0 Å². The van der Waals surface area contributed by atoms with Gasteiger partial charge in [0.15, 0.2) is 5.82 Å². The van der Waals surface area contributed by atoms with Gasteiger partial charge in [-0.05, 0) is 26.7 Å². The van der Waals surface area contributed by atoms with Crippen LogP contribution in [0.15, 0.2) is 12.4 Å². The van der Waals surface area contributed by atoms with Crippen LogP contribution in [0.4, 0.5) is 26.2 Å². The molecule has 1 fully saturated rings. The lowest BCUT2D eigenvalue weighted by Gasteiger charge is -2.37. The highest BCUT2D eigenvalue weighted by molar-refractivity contribution is 6.03. The highest BCUT2D eigenvalue weighted by Crippen LogP contribution is 2.38. The summed E-state index contributed by atoms with van der Waals surface area (Å²) in [6, 6.07) is -0.502. The van der Waals surface area contributed by atoms with E-state index in [0.29, 0.717) is 42.5 Å². The highest BCUT2D eigenvalue weighted by atomic mass is 19.3. The number of alkyl halides is 2. The zero-order valence-corrected chi connectivity index (χ0v) is 18.7. The minimum absolute atomic E-state index is 0.00239. The molecule has 0 saturated heterocycles. The van der Waals surface area contributed by atoms with Crippen molar-refractivity contribution >= 4 is 23.4 Å². The van der Waals surface area contributed by atoms with E-state index in [1.807, 2.05) is 27.1 Å². The van der Waals surface area contributed by atoms with Gasteiger partial charge in [0, 0.05) is 45.3 Å². The Morgan fingerprint density at radius 1 is 1.34 bits per heavy atom. The zero-order chi connectivity index (χ0) is 23.0. The van der Waals surface area contributed by atoms with Gasteiger partial charge in [0.1, 0.15) is 11.7 Å². The van der Waals surface area contributed by atoms with Gasteiger partial charge in [-0.15, -0.1) is 0 Å². The fourth-order valence-electron chi connectivity index (χ4n) is 4.34. The van der Waals surface area contributed by atoms with E-state index in [4.69, 9.17) is 4.74 Å². The summed E-state index contributed by atoms with van der Waals surface area (Å²) in [5, 5.41) is 10.5. The van der Waals surface area contributed by atoms with Crippen LogP contribution in [0.2, 0.25) is 0 Å². The number of anilines is 3. The van der Waals surface area contributed by atoms with Crippen molar-refractivity contribution in [1.29, 1.82) is 0 Å². The third-order valence-electron chi connectivity index (χ3n) is 6.32. The molecule has 0 bridgehead atoms. The topological polar surface area (TPSA) is 97.2 Å². The first kappa shape index (κ1) is 22.4. The first-order valence-corrected chi connectivity index (χ1v) is 10.8. The minimum Gasteiger partial charge on any atom is -0.379 e. The molecule has 0 radical (unpaired) electrons. The highest BCUT2D eigenvalue weighted by Gasteiger charge is 2.37. The SMILES string of the molecule is CO[C@H](C)[C@H]1C(=O)Nc2c(C)nc(NCc3cnn(C4CCC(F)(F)CC4)c3)nc2N1C. The van der Waals surface area contributed by atoms with Gasteiger partial charge >= 0.3 is 0 Å². The van der Waals surface area contributed by atoms with E-state index in [2.05, 4.69) is 25.7 Å². The van der Waals surface area contributed by atoms with Crippen molar-refractivity contribution in [2.75, 3.05) is 29.7 Å². The number of rotatable bonds is 6. The number of carbonyl (C=O) groups excluding carboxylic acids is 1. The number of halogens is 2. The van der Waals surface area contributed by atoms with Crippen molar-refractivity contribution < 1.29 is 18.3 Å². The van der Waals surface area contributed by atoms with Gasteiger partial charge in [0.2, 0.25) is 17.8 Å². The summed E-state index contributed by atoms with van der Waals surface area (Å²) in [6.45, 7) is 4.09. The molecule has 32 heavy (non-hydrogen) atoms. The number of fused-ring (bicyclic) bond motifs is 1. The van der Waals surface area contributed by atoms with Gasteiger partial charge < -0.3 is 20.3 Å². The molecular formula is C21H29F2N7O2. The van der Waals surface area contributed by atoms with Crippen LogP contribution in [0, 0.1) is 6.92 Å². The number of carbonyl (C=O) groups is 1. The second-order valence-corrected chi connectivity index (χ2v) is 8.59. The number of ether oxygens (including phenoxy) is 1.